The van der Waals surface area contributed by atoms with Crippen molar-refractivity contribution >= 4 is 5.69 Å². The van der Waals surface area contributed by atoms with E-state index in [1.54, 1.807) is 12.1 Å². The van der Waals surface area contributed by atoms with E-state index in [0.717, 1.165) is 24.2 Å². The lowest BCUT2D eigenvalue weighted by molar-refractivity contribution is -0.384. The predicted molar refractivity (Wildman–Crippen MR) is 82.3 cm³/mol. The summed E-state index contributed by atoms with van der Waals surface area (Å²) in [5.74, 6) is 1.36. The van der Waals surface area contributed by atoms with Crippen molar-refractivity contribution in [3.8, 4) is 11.4 Å². The van der Waals surface area contributed by atoms with Crippen LogP contribution in [0.2, 0.25) is 0 Å². The van der Waals surface area contributed by atoms with Gasteiger partial charge in [-0.3, -0.25) is 15.2 Å². The Labute approximate surface area is 127 Å². The Morgan fingerprint density at radius 3 is 2.41 bits per heavy atom. The number of non-ortho nitro benzene ring substituents is 1. The molecule has 0 atom stereocenters. The standard InChI is InChI=1S/C16H14N4O2/c21-20(22)14-9-7-13(8-10-14)16-17-15(18-19-16)11-6-12-4-2-1-3-5-12/h1-5,7-10H,6,11H2,(H,17,18,19). The van der Waals surface area contributed by atoms with Crippen LogP contribution in [0.3, 0.4) is 0 Å². The highest BCUT2D eigenvalue weighted by Gasteiger charge is 2.09. The molecule has 0 saturated carbocycles. The van der Waals surface area contributed by atoms with Crippen LogP contribution >= 0.6 is 0 Å². The highest BCUT2D eigenvalue weighted by molar-refractivity contribution is 5.56. The fourth-order valence-electron chi connectivity index (χ4n) is 2.18. The Hall–Kier alpha value is -3.02. The minimum Gasteiger partial charge on any atom is -0.263 e. The predicted octanol–water partition coefficient (Wildman–Crippen LogP) is 3.17. The smallest absolute Gasteiger partial charge is 0.263 e. The molecule has 0 aliphatic rings. The minimum atomic E-state index is -0.424. The summed E-state index contributed by atoms with van der Waals surface area (Å²) in [6, 6.07) is 16.4. The molecule has 0 radical (unpaired) electrons. The van der Waals surface area contributed by atoms with Crippen molar-refractivity contribution < 1.29 is 4.92 Å². The van der Waals surface area contributed by atoms with Crippen molar-refractivity contribution in [3.05, 3.63) is 76.1 Å². The average Bonchev–Trinajstić information content (AvgIpc) is 3.03. The number of benzene rings is 2. The summed E-state index contributed by atoms with van der Waals surface area (Å²) in [5, 5.41) is 17.7. The van der Waals surface area contributed by atoms with Gasteiger partial charge in [-0.15, -0.1) is 0 Å². The van der Waals surface area contributed by atoms with Gasteiger partial charge in [0.05, 0.1) is 4.92 Å². The van der Waals surface area contributed by atoms with E-state index in [0.29, 0.717) is 5.82 Å². The molecular formula is C16H14N4O2. The van der Waals surface area contributed by atoms with Gasteiger partial charge in [-0.05, 0) is 24.1 Å². The summed E-state index contributed by atoms with van der Waals surface area (Å²) >= 11 is 0. The number of nitro groups is 1. The van der Waals surface area contributed by atoms with E-state index in [1.807, 2.05) is 18.2 Å². The second kappa shape index (κ2) is 6.17. The van der Waals surface area contributed by atoms with Crippen LogP contribution in [-0.4, -0.2) is 20.1 Å². The normalized spacial score (nSPS) is 10.5. The first kappa shape index (κ1) is 13.9. The van der Waals surface area contributed by atoms with E-state index in [4.69, 9.17) is 0 Å². The van der Waals surface area contributed by atoms with Crippen LogP contribution < -0.4 is 0 Å². The lowest BCUT2D eigenvalue weighted by Gasteiger charge is -1.97. The maximum absolute atomic E-state index is 10.6. The Morgan fingerprint density at radius 1 is 1.00 bits per heavy atom. The third-order valence-corrected chi connectivity index (χ3v) is 3.36. The van der Waals surface area contributed by atoms with Crippen LogP contribution in [0, 0.1) is 10.1 Å². The first-order valence-electron chi connectivity index (χ1n) is 6.92. The Balaban J connectivity index is 1.69. The molecule has 2 aromatic carbocycles. The highest BCUT2D eigenvalue weighted by atomic mass is 16.6. The van der Waals surface area contributed by atoms with Crippen molar-refractivity contribution in [2.24, 2.45) is 0 Å². The monoisotopic (exact) mass is 294 g/mol. The molecule has 0 aliphatic heterocycles. The van der Waals surface area contributed by atoms with Crippen molar-refractivity contribution in [3.63, 3.8) is 0 Å². The van der Waals surface area contributed by atoms with E-state index in [-0.39, 0.29) is 5.69 Å². The number of aromatic nitrogens is 3. The Kier molecular flexibility index (Phi) is 3.91. The lowest BCUT2D eigenvalue weighted by Crippen LogP contribution is -1.93. The van der Waals surface area contributed by atoms with Crippen LogP contribution in [0.4, 0.5) is 5.69 Å². The van der Waals surface area contributed by atoms with Crippen molar-refractivity contribution in [2.45, 2.75) is 12.8 Å². The van der Waals surface area contributed by atoms with Crippen LogP contribution in [0.25, 0.3) is 11.4 Å². The first-order valence-corrected chi connectivity index (χ1v) is 6.92. The number of aryl methyl sites for hydroxylation is 2. The van der Waals surface area contributed by atoms with Crippen molar-refractivity contribution in [1.82, 2.24) is 15.2 Å². The molecule has 0 spiro atoms. The quantitative estimate of drug-likeness (QED) is 0.578. The van der Waals surface area contributed by atoms with Crippen molar-refractivity contribution in [2.75, 3.05) is 0 Å². The van der Waals surface area contributed by atoms with Gasteiger partial charge in [0.25, 0.3) is 5.69 Å². The van der Waals surface area contributed by atoms with Gasteiger partial charge in [-0.25, -0.2) is 4.98 Å². The fraction of sp³-hybridized carbons (Fsp3) is 0.125. The molecular weight excluding hydrogens is 280 g/mol. The molecule has 110 valence electrons. The van der Waals surface area contributed by atoms with Gasteiger partial charge in [0.2, 0.25) is 0 Å². The zero-order chi connectivity index (χ0) is 15.4. The van der Waals surface area contributed by atoms with Gasteiger partial charge in [-0.1, -0.05) is 30.3 Å². The molecule has 0 fully saturated rings. The number of nitrogens with zero attached hydrogens (tertiary/aromatic N) is 3. The zero-order valence-electron chi connectivity index (χ0n) is 11.8. The SMILES string of the molecule is O=[N+]([O-])c1ccc(-c2n[nH]c(CCc3ccccc3)n2)cc1. The number of aromatic amines is 1. The van der Waals surface area contributed by atoms with E-state index in [1.165, 1.54) is 17.7 Å². The van der Waals surface area contributed by atoms with E-state index < -0.39 is 4.92 Å². The molecule has 0 bridgehead atoms. The van der Waals surface area contributed by atoms with Crippen molar-refractivity contribution in [1.29, 1.82) is 0 Å². The van der Waals surface area contributed by atoms with Gasteiger partial charge in [0, 0.05) is 24.1 Å². The van der Waals surface area contributed by atoms with Crippen LogP contribution in [0.15, 0.2) is 54.6 Å². The molecule has 0 saturated heterocycles. The molecule has 0 aliphatic carbocycles. The first-order chi connectivity index (χ1) is 10.7. The van der Waals surface area contributed by atoms with Crippen LogP contribution in [0.1, 0.15) is 11.4 Å². The third kappa shape index (κ3) is 3.17. The molecule has 1 aromatic heterocycles. The lowest BCUT2D eigenvalue weighted by atomic mass is 10.1. The van der Waals surface area contributed by atoms with Gasteiger partial charge in [0.1, 0.15) is 5.82 Å². The highest BCUT2D eigenvalue weighted by Crippen LogP contribution is 2.19. The van der Waals surface area contributed by atoms with Gasteiger partial charge in [-0.2, -0.15) is 5.10 Å². The third-order valence-electron chi connectivity index (χ3n) is 3.36. The second-order valence-corrected chi connectivity index (χ2v) is 4.90. The number of hydrogen-bond donors (Lipinski definition) is 1. The maximum atomic E-state index is 10.6. The Bertz CT molecular complexity index is 766. The Morgan fingerprint density at radius 2 is 1.73 bits per heavy atom. The summed E-state index contributed by atoms with van der Waals surface area (Å²) in [5.41, 5.74) is 2.06. The number of rotatable bonds is 5. The number of H-pyrrole nitrogens is 1. The molecule has 3 rings (SSSR count). The van der Waals surface area contributed by atoms with E-state index in [2.05, 4.69) is 27.3 Å². The number of hydrogen-bond acceptors (Lipinski definition) is 4. The molecule has 1 N–H and O–H groups in total. The molecule has 6 nitrogen and oxygen atoms in total. The molecule has 0 amide bonds. The number of nitrogens with one attached hydrogen (secondary N) is 1. The van der Waals surface area contributed by atoms with E-state index >= 15 is 0 Å². The van der Waals surface area contributed by atoms with Crippen LogP contribution in [0.5, 0.6) is 0 Å². The van der Waals surface area contributed by atoms with Gasteiger partial charge >= 0.3 is 0 Å². The maximum Gasteiger partial charge on any atom is 0.269 e. The van der Waals surface area contributed by atoms with E-state index in [9.17, 15) is 10.1 Å². The van der Waals surface area contributed by atoms with Gasteiger partial charge in [0.15, 0.2) is 5.82 Å². The number of nitro benzene ring substituents is 1. The summed E-state index contributed by atoms with van der Waals surface area (Å²) < 4.78 is 0. The molecule has 0 unspecified atom stereocenters. The topological polar surface area (TPSA) is 84.7 Å². The largest absolute Gasteiger partial charge is 0.269 e. The van der Waals surface area contributed by atoms with Gasteiger partial charge < -0.3 is 0 Å². The summed E-state index contributed by atoms with van der Waals surface area (Å²) in [7, 11) is 0. The summed E-state index contributed by atoms with van der Waals surface area (Å²) in [6.45, 7) is 0. The fourth-order valence-corrected chi connectivity index (χ4v) is 2.18. The molecule has 1 heterocycles. The molecule has 22 heavy (non-hydrogen) atoms. The molecule has 6 heteroatoms. The zero-order valence-corrected chi connectivity index (χ0v) is 11.8. The minimum absolute atomic E-state index is 0.0589. The van der Waals surface area contributed by atoms with Crippen LogP contribution in [-0.2, 0) is 12.8 Å². The summed E-state index contributed by atoms with van der Waals surface area (Å²) in [4.78, 5) is 14.7. The summed E-state index contributed by atoms with van der Waals surface area (Å²) in [6.07, 6.45) is 1.65. The molecule has 3 aromatic rings. The average molecular weight is 294 g/mol. The second-order valence-electron chi connectivity index (χ2n) is 4.90.